The van der Waals surface area contributed by atoms with Crippen LogP contribution in [0.4, 0.5) is 5.69 Å². The molecule has 0 aliphatic carbocycles. The summed E-state index contributed by atoms with van der Waals surface area (Å²) < 4.78 is 16.5. The molecule has 0 aromatic heterocycles. The molecule has 7 heteroatoms. The molecule has 0 saturated heterocycles. The van der Waals surface area contributed by atoms with Crippen molar-refractivity contribution in [3.8, 4) is 23.0 Å². The first-order valence-electron chi connectivity index (χ1n) is 13.9. The third kappa shape index (κ3) is 12.7. The van der Waals surface area contributed by atoms with Crippen LogP contribution >= 0.6 is 0 Å². The van der Waals surface area contributed by atoms with Crippen LogP contribution in [0, 0.1) is 0 Å². The van der Waals surface area contributed by atoms with Gasteiger partial charge in [-0.3, -0.25) is 14.4 Å². The predicted octanol–water partition coefficient (Wildman–Crippen LogP) is 8.07. The number of allylic oxidation sites excluding steroid dienone is 1. The second kappa shape index (κ2) is 18.6. The van der Waals surface area contributed by atoms with E-state index in [2.05, 4.69) is 11.9 Å². The van der Waals surface area contributed by atoms with Crippen molar-refractivity contribution in [2.45, 2.75) is 83.5 Å². The molecule has 0 aliphatic rings. The zero-order valence-electron chi connectivity index (χ0n) is 23.5. The molecule has 0 saturated carbocycles. The van der Waals surface area contributed by atoms with E-state index in [-0.39, 0.29) is 5.91 Å². The smallest absolute Gasteiger partial charge is 0.224 e. The maximum Gasteiger partial charge on any atom is 0.224 e. The summed E-state index contributed by atoms with van der Waals surface area (Å²) in [6, 6.07) is 9.98. The van der Waals surface area contributed by atoms with E-state index in [1.54, 1.807) is 43.5 Å². The molecule has 0 spiro atoms. The molecule has 39 heavy (non-hydrogen) atoms. The van der Waals surface area contributed by atoms with E-state index < -0.39 is 0 Å². The third-order valence-electron chi connectivity index (χ3n) is 6.44. The Morgan fingerprint density at radius 1 is 0.769 bits per heavy atom. The maximum atomic E-state index is 12.7. The van der Waals surface area contributed by atoms with Gasteiger partial charge in [-0.15, -0.1) is 6.58 Å². The molecule has 1 N–H and O–H groups in total. The van der Waals surface area contributed by atoms with Crippen molar-refractivity contribution in [2.75, 3.05) is 19.5 Å². The number of carbonyl (C=O) groups is 3. The van der Waals surface area contributed by atoms with Gasteiger partial charge in [0.1, 0.15) is 29.3 Å². The number of benzene rings is 2. The number of unbranched alkanes of at least 4 members (excludes halogenated alkanes) is 8. The maximum absolute atomic E-state index is 12.7. The lowest BCUT2D eigenvalue weighted by Crippen LogP contribution is -2.12. The van der Waals surface area contributed by atoms with E-state index >= 15 is 0 Å². The topological polar surface area (TPSA) is 90.9 Å². The number of aldehydes is 1. The Labute approximate surface area is 232 Å². The second-order valence-corrected chi connectivity index (χ2v) is 9.62. The van der Waals surface area contributed by atoms with Crippen LogP contribution in [0.3, 0.4) is 0 Å². The fourth-order valence-corrected chi connectivity index (χ4v) is 4.23. The lowest BCUT2D eigenvalue weighted by Gasteiger charge is -2.14. The Hall–Kier alpha value is -3.61. The normalized spacial score (nSPS) is 10.5. The summed E-state index contributed by atoms with van der Waals surface area (Å²) in [5, 5.41) is 2.90. The number of Topliss-reactive ketones (excluding diaryl/α,β-unsaturated/α-hetero) is 1. The molecule has 0 atom stereocenters. The van der Waals surface area contributed by atoms with Crippen molar-refractivity contribution in [3.05, 3.63) is 54.6 Å². The van der Waals surface area contributed by atoms with E-state index in [1.807, 2.05) is 6.08 Å². The monoisotopic (exact) mass is 537 g/mol. The van der Waals surface area contributed by atoms with Gasteiger partial charge < -0.3 is 19.5 Å². The van der Waals surface area contributed by atoms with Crippen molar-refractivity contribution in [1.29, 1.82) is 0 Å². The van der Waals surface area contributed by atoms with Crippen LogP contribution in [-0.2, 0) is 9.59 Å². The first-order valence-corrected chi connectivity index (χ1v) is 13.9. The Morgan fingerprint density at radius 2 is 1.38 bits per heavy atom. The van der Waals surface area contributed by atoms with Gasteiger partial charge in [0.2, 0.25) is 5.91 Å². The average Bonchev–Trinajstić information content (AvgIpc) is 2.94. The molecule has 0 heterocycles. The highest BCUT2D eigenvalue weighted by Gasteiger charge is 2.12. The highest BCUT2D eigenvalue weighted by Crippen LogP contribution is 2.34. The summed E-state index contributed by atoms with van der Waals surface area (Å²) >= 11 is 0. The molecule has 1 amide bonds. The molecule has 2 aromatic rings. The summed E-state index contributed by atoms with van der Waals surface area (Å²) in [6.07, 6.45) is 14.6. The molecule has 0 unspecified atom stereocenters. The van der Waals surface area contributed by atoms with Gasteiger partial charge in [0.05, 0.1) is 19.9 Å². The van der Waals surface area contributed by atoms with Gasteiger partial charge in [-0.25, -0.2) is 0 Å². The number of ketones is 1. The zero-order chi connectivity index (χ0) is 28.3. The van der Waals surface area contributed by atoms with Crippen LogP contribution in [0.2, 0.25) is 0 Å². The minimum absolute atomic E-state index is 0.147. The van der Waals surface area contributed by atoms with E-state index in [9.17, 15) is 14.4 Å². The number of rotatable bonds is 21. The molecular formula is C32H43NO6. The Morgan fingerprint density at radius 3 is 2.05 bits per heavy atom. The summed E-state index contributed by atoms with van der Waals surface area (Å²) in [5.74, 6) is 2.05. The minimum Gasteiger partial charge on any atom is -0.497 e. The zero-order valence-corrected chi connectivity index (χ0v) is 23.5. The van der Waals surface area contributed by atoms with Crippen LogP contribution < -0.4 is 19.5 Å². The SMILES string of the molecule is C=CCCCCCCCCC(=O)CCCCCC(=O)Nc1cc(OC)ccc1Oc1cc(C=O)cc(OC)c1. The second-order valence-electron chi connectivity index (χ2n) is 9.62. The van der Waals surface area contributed by atoms with Gasteiger partial charge >= 0.3 is 0 Å². The summed E-state index contributed by atoms with van der Waals surface area (Å²) in [4.78, 5) is 36.1. The Kier molecular flexibility index (Phi) is 15.1. The van der Waals surface area contributed by atoms with Gasteiger partial charge in [0.25, 0.3) is 0 Å². The molecule has 0 bridgehead atoms. The molecule has 2 rings (SSSR count). The number of carbonyl (C=O) groups excluding carboxylic acids is 3. The van der Waals surface area contributed by atoms with Gasteiger partial charge in [-0.2, -0.15) is 0 Å². The van der Waals surface area contributed by atoms with Gasteiger partial charge in [0.15, 0.2) is 5.75 Å². The van der Waals surface area contributed by atoms with E-state index in [0.29, 0.717) is 72.0 Å². The molecule has 212 valence electrons. The molecular weight excluding hydrogens is 494 g/mol. The van der Waals surface area contributed by atoms with E-state index in [1.165, 1.54) is 32.8 Å². The Bertz CT molecular complexity index is 1060. The lowest BCUT2D eigenvalue weighted by atomic mass is 10.0. The van der Waals surface area contributed by atoms with Crippen LogP contribution in [0.1, 0.15) is 93.8 Å². The Balaban J connectivity index is 1.75. The van der Waals surface area contributed by atoms with Crippen molar-refractivity contribution in [2.24, 2.45) is 0 Å². The first-order chi connectivity index (χ1) is 19.0. The van der Waals surface area contributed by atoms with Crippen molar-refractivity contribution in [3.63, 3.8) is 0 Å². The number of ether oxygens (including phenoxy) is 3. The molecule has 7 nitrogen and oxygen atoms in total. The number of hydrogen-bond donors (Lipinski definition) is 1. The first kappa shape index (κ1) is 31.6. The van der Waals surface area contributed by atoms with Gasteiger partial charge in [-0.1, -0.05) is 38.2 Å². The predicted molar refractivity (Wildman–Crippen MR) is 155 cm³/mol. The van der Waals surface area contributed by atoms with Crippen LogP contribution in [0.5, 0.6) is 23.0 Å². The largest absolute Gasteiger partial charge is 0.497 e. The van der Waals surface area contributed by atoms with Crippen molar-refractivity contribution >= 4 is 23.7 Å². The average molecular weight is 538 g/mol. The number of nitrogens with one attached hydrogen (secondary N) is 1. The highest BCUT2D eigenvalue weighted by molar-refractivity contribution is 5.92. The molecule has 0 aliphatic heterocycles. The van der Waals surface area contributed by atoms with Crippen LogP contribution in [0.15, 0.2) is 49.1 Å². The molecule has 0 fully saturated rings. The van der Waals surface area contributed by atoms with Gasteiger partial charge in [-0.05, 0) is 56.4 Å². The third-order valence-corrected chi connectivity index (χ3v) is 6.44. The number of amides is 1. The van der Waals surface area contributed by atoms with Gasteiger partial charge in [0, 0.05) is 37.0 Å². The van der Waals surface area contributed by atoms with Crippen molar-refractivity contribution in [1.82, 2.24) is 0 Å². The van der Waals surface area contributed by atoms with Crippen LogP contribution in [-0.4, -0.2) is 32.2 Å². The minimum atomic E-state index is -0.147. The summed E-state index contributed by atoms with van der Waals surface area (Å²) in [6.45, 7) is 3.74. The lowest BCUT2D eigenvalue weighted by molar-refractivity contribution is -0.119. The van der Waals surface area contributed by atoms with Crippen molar-refractivity contribution < 1.29 is 28.6 Å². The summed E-state index contributed by atoms with van der Waals surface area (Å²) in [7, 11) is 3.06. The highest BCUT2D eigenvalue weighted by atomic mass is 16.5. The molecule has 2 aromatic carbocycles. The quantitative estimate of drug-likeness (QED) is 0.0983. The number of methoxy groups -OCH3 is 2. The number of anilines is 1. The van der Waals surface area contributed by atoms with E-state index in [4.69, 9.17) is 14.2 Å². The molecule has 0 radical (unpaired) electrons. The number of hydrogen-bond acceptors (Lipinski definition) is 6. The summed E-state index contributed by atoms with van der Waals surface area (Å²) in [5.41, 5.74) is 0.877. The standard InChI is InChI=1S/C32H43NO6/c1-4-5-6-7-8-9-10-12-15-26(35)16-13-11-14-17-32(36)33-30-23-27(37-2)18-19-31(30)39-29-21-25(24-34)20-28(22-29)38-3/h4,18-24H,1,5-17H2,2-3H3,(H,33,36). The van der Waals surface area contributed by atoms with Crippen LogP contribution in [0.25, 0.3) is 0 Å². The fraction of sp³-hybridized carbons (Fsp3) is 0.469. The van der Waals surface area contributed by atoms with E-state index in [0.717, 1.165) is 32.1 Å². The fourth-order valence-electron chi connectivity index (χ4n) is 4.23.